The Bertz CT molecular complexity index is 144. The van der Waals surface area contributed by atoms with Crippen LogP contribution in [0.15, 0.2) is 17.9 Å². The van der Waals surface area contributed by atoms with Gasteiger partial charge in [-0.25, -0.2) is 0 Å². The fourth-order valence-electron chi connectivity index (χ4n) is 0.682. The summed E-state index contributed by atoms with van der Waals surface area (Å²) in [5.41, 5.74) is 2.85. The number of hydrogen-bond donors (Lipinski definition) is 2. The lowest BCUT2D eigenvalue weighted by Gasteiger charge is -2.19. The molecule has 0 saturated heterocycles. The van der Waals surface area contributed by atoms with Gasteiger partial charge in [-0.15, -0.1) is 0 Å². The highest BCUT2D eigenvalue weighted by Gasteiger charge is 2.06. The lowest BCUT2D eigenvalue weighted by molar-refractivity contribution is 0.434. The van der Waals surface area contributed by atoms with Crippen LogP contribution in [-0.2, 0) is 0 Å². The predicted octanol–water partition coefficient (Wildman–Crippen LogP) is 1.48. The van der Waals surface area contributed by atoms with E-state index in [4.69, 9.17) is 0 Å². The molecular weight excluding hydrogens is 150 g/mol. The summed E-state index contributed by atoms with van der Waals surface area (Å²) < 4.78 is 0. The van der Waals surface area contributed by atoms with Gasteiger partial charge >= 0.3 is 0 Å². The minimum absolute atomic E-state index is 0.194. The average molecular weight is 169 g/mol. The lowest BCUT2D eigenvalue weighted by Crippen LogP contribution is -2.36. The monoisotopic (exact) mass is 169 g/mol. The minimum atomic E-state index is 0.194. The van der Waals surface area contributed by atoms with Crippen LogP contribution in [0.2, 0.25) is 0 Å². The SMILES string of the molecule is C=CN/N=C\CCNC(C)(C)C. The molecule has 0 atom stereocenters. The Balaban J connectivity index is 3.27. The van der Waals surface area contributed by atoms with Crippen molar-refractivity contribution in [3.8, 4) is 0 Å². The molecule has 0 rings (SSSR count). The van der Waals surface area contributed by atoms with Gasteiger partial charge in [0.1, 0.15) is 0 Å². The maximum absolute atomic E-state index is 3.88. The molecule has 0 bridgehead atoms. The van der Waals surface area contributed by atoms with Gasteiger partial charge in [0.05, 0.1) is 0 Å². The largest absolute Gasteiger partial charge is 0.312 e. The van der Waals surface area contributed by atoms with E-state index in [1.807, 2.05) is 6.21 Å². The summed E-state index contributed by atoms with van der Waals surface area (Å²) in [6.45, 7) is 10.9. The summed E-state index contributed by atoms with van der Waals surface area (Å²) in [7, 11) is 0. The van der Waals surface area contributed by atoms with Crippen LogP contribution in [0.5, 0.6) is 0 Å². The van der Waals surface area contributed by atoms with Gasteiger partial charge in [-0.2, -0.15) is 5.10 Å². The Hall–Kier alpha value is -0.830. The van der Waals surface area contributed by atoms with Gasteiger partial charge in [-0.3, -0.25) is 5.43 Å². The lowest BCUT2D eigenvalue weighted by atomic mass is 10.1. The molecule has 70 valence electrons. The zero-order valence-corrected chi connectivity index (χ0v) is 8.22. The molecule has 0 unspecified atom stereocenters. The van der Waals surface area contributed by atoms with Crippen LogP contribution in [0.25, 0.3) is 0 Å². The van der Waals surface area contributed by atoms with Gasteiger partial charge in [0.15, 0.2) is 0 Å². The molecule has 0 radical (unpaired) electrons. The fourth-order valence-corrected chi connectivity index (χ4v) is 0.682. The molecule has 2 N–H and O–H groups in total. The van der Waals surface area contributed by atoms with E-state index >= 15 is 0 Å². The third-order valence-corrected chi connectivity index (χ3v) is 1.19. The molecule has 0 spiro atoms. The Kier molecular flexibility index (Phi) is 5.37. The van der Waals surface area contributed by atoms with E-state index in [2.05, 4.69) is 43.2 Å². The first-order chi connectivity index (χ1) is 5.56. The first-order valence-electron chi connectivity index (χ1n) is 4.19. The van der Waals surface area contributed by atoms with Gasteiger partial charge in [0.25, 0.3) is 0 Å². The highest BCUT2D eigenvalue weighted by atomic mass is 15.3. The van der Waals surface area contributed by atoms with Crippen LogP contribution in [0.1, 0.15) is 27.2 Å². The van der Waals surface area contributed by atoms with Crippen LogP contribution < -0.4 is 10.7 Å². The van der Waals surface area contributed by atoms with E-state index in [0.29, 0.717) is 0 Å². The zero-order chi connectivity index (χ0) is 9.45. The normalized spacial score (nSPS) is 11.9. The predicted molar refractivity (Wildman–Crippen MR) is 54.2 cm³/mol. The van der Waals surface area contributed by atoms with Crippen molar-refractivity contribution in [1.29, 1.82) is 0 Å². The molecule has 0 aliphatic heterocycles. The van der Waals surface area contributed by atoms with Crippen molar-refractivity contribution in [2.75, 3.05) is 6.54 Å². The van der Waals surface area contributed by atoms with E-state index in [-0.39, 0.29) is 5.54 Å². The number of hydrogen-bond acceptors (Lipinski definition) is 3. The average Bonchev–Trinajstić information content (AvgIpc) is 1.94. The summed E-state index contributed by atoms with van der Waals surface area (Å²) in [5.74, 6) is 0. The van der Waals surface area contributed by atoms with E-state index in [9.17, 15) is 0 Å². The van der Waals surface area contributed by atoms with Gasteiger partial charge in [-0.05, 0) is 27.2 Å². The molecule has 0 heterocycles. The minimum Gasteiger partial charge on any atom is -0.312 e. The molecule has 0 saturated carbocycles. The number of nitrogens with one attached hydrogen (secondary N) is 2. The van der Waals surface area contributed by atoms with Crippen molar-refractivity contribution >= 4 is 6.21 Å². The molecule has 0 aliphatic rings. The zero-order valence-electron chi connectivity index (χ0n) is 8.22. The van der Waals surface area contributed by atoms with Gasteiger partial charge in [-0.1, -0.05) is 6.58 Å². The molecule has 0 fully saturated rings. The van der Waals surface area contributed by atoms with Crippen molar-refractivity contribution in [1.82, 2.24) is 10.7 Å². The van der Waals surface area contributed by atoms with E-state index in [1.54, 1.807) is 6.20 Å². The van der Waals surface area contributed by atoms with Crippen molar-refractivity contribution < 1.29 is 0 Å². The molecular formula is C9H19N3. The summed E-state index contributed by atoms with van der Waals surface area (Å²) in [5, 5.41) is 7.23. The molecule has 0 aliphatic carbocycles. The molecule has 0 aromatic carbocycles. The Morgan fingerprint density at radius 2 is 2.08 bits per heavy atom. The van der Waals surface area contributed by atoms with Crippen molar-refractivity contribution in [2.45, 2.75) is 32.7 Å². The molecule has 0 aromatic heterocycles. The van der Waals surface area contributed by atoms with E-state index in [0.717, 1.165) is 13.0 Å². The fraction of sp³-hybridized carbons (Fsp3) is 0.667. The molecule has 0 aromatic rings. The van der Waals surface area contributed by atoms with E-state index < -0.39 is 0 Å². The van der Waals surface area contributed by atoms with Gasteiger partial charge in [0.2, 0.25) is 0 Å². The van der Waals surface area contributed by atoms with Crippen LogP contribution >= 0.6 is 0 Å². The molecule has 3 nitrogen and oxygen atoms in total. The Labute approximate surface area is 74.9 Å². The number of nitrogens with zero attached hydrogens (tertiary/aromatic N) is 1. The molecule has 12 heavy (non-hydrogen) atoms. The first kappa shape index (κ1) is 11.2. The smallest absolute Gasteiger partial charge is 0.0259 e. The summed E-state index contributed by atoms with van der Waals surface area (Å²) in [4.78, 5) is 0. The van der Waals surface area contributed by atoms with Crippen LogP contribution in [0.4, 0.5) is 0 Å². The Morgan fingerprint density at radius 1 is 1.42 bits per heavy atom. The number of hydrazone groups is 1. The third-order valence-electron chi connectivity index (χ3n) is 1.19. The van der Waals surface area contributed by atoms with E-state index in [1.165, 1.54) is 0 Å². The van der Waals surface area contributed by atoms with Gasteiger partial charge in [0, 0.05) is 24.5 Å². The topological polar surface area (TPSA) is 36.4 Å². The second kappa shape index (κ2) is 5.77. The maximum Gasteiger partial charge on any atom is 0.0259 e. The Morgan fingerprint density at radius 3 is 2.58 bits per heavy atom. The van der Waals surface area contributed by atoms with Crippen LogP contribution in [-0.4, -0.2) is 18.3 Å². The van der Waals surface area contributed by atoms with Crippen molar-refractivity contribution in [3.63, 3.8) is 0 Å². The van der Waals surface area contributed by atoms with Crippen molar-refractivity contribution in [3.05, 3.63) is 12.8 Å². The molecule has 0 amide bonds. The second-order valence-corrected chi connectivity index (χ2v) is 3.61. The third kappa shape index (κ3) is 9.17. The second-order valence-electron chi connectivity index (χ2n) is 3.61. The first-order valence-corrected chi connectivity index (χ1v) is 4.19. The van der Waals surface area contributed by atoms with Gasteiger partial charge < -0.3 is 5.32 Å². The van der Waals surface area contributed by atoms with Crippen LogP contribution in [0, 0.1) is 0 Å². The quantitative estimate of drug-likeness (QED) is 0.371. The standard InChI is InChI=1S/C9H19N3/c1-5-11-12-8-6-7-10-9(2,3)4/h5,8,10-11H,1,6-7H2,2-4H3/b12-8-. The molecule has 3 heteroatoms. The van der Waals surface area contributed by atoms with Crippen molar-refractivity contribution in [2.24, 2.45) is 5.10 Å². The number of rotatable bonds is 5. The highest BCUT2D eigenvalue weighted by molar-refractivity contribution is 5.56. The van der Waals surface area contributed by atoms with Crippen LogP contribution in [0.3, 0.4) is 0 Å². The summed E-state index contributed by atoms with van der Waals surface area (Å²) in [6, 6.07) is 0. The maximum atomic E-state index is 3.88. The summed E-state index contributed by atoms with van der Waals surface area (Å²) in [6.07, 6.45) is 4.31. The highest BCUT2D eigenvalue weighted by Crippen LogP contribution is 1.96. The summed E-state index contributed by atoms with van der Waals surface area (Å²) >= 11 is 0.